The summed E-state index contributed by atoms with van der Waals surface area (Å²) >= 11 is 0. The van der Waals surface area contributed by atoms with Crippen LogP contribution in [0.2, 0.25) is 0 Å². The smallest absolute Gasteiger partial charge is 0.268 e. The molecule has 0 saturated carbocycles. The fourth-order valence-corrected chi connectivity index (χ4v) is 3.78. The van der Waals surface area contributed by atoms with Gasteiger partial charge in [-0.25, -0.2) is 13.1 Å². The summed E-state index contributed by atoms with van der Waals surface area (Å²) in [5.41, 5.74) is 0.380. The minimum Gasteiger partial charge on any atom is -0.268 e. The second-order valence-electron chi connectivity index (χ2n) is 7.03. The molecule has 1 aromatic carbocycles. The van der Waals surface area contributed by atoms with Gasteiger partial charge in [-0.15, -0.1) is 0 Å². The van der Waals surface area contributed by atoms with E-state index in [2.05, 4.69) is 14.8 Å². The number of carbonyl (C=O) groups excluding carboxylic acids is 1. The van der Waals surface area contributed by atoms with Crippen LogP contribution in [0, 0.1) is 6.92 Å². The van der Waals surface area contributed by atoms with Gasteiger partial charge in [-0.2, -0.15) is 5.10 Å². The third kappa shape index (κ3) is 3.32. The Morgan fingerprint density at radius 3 is 2.58 bits per heavy atom. The van der Waals surface area contributed by atoms with Crippen molar-refractivity contribution >= 4 is 26.7 Å². The highest BCUT2D eigenvalue weighted by molar-refractivity contribution is 7.90. The topological polar surface area (TPSA) is 94.0 Å². The number of hydrogen-bond donors (Lipinski definition) is 1. The third-order valence-corrected chi connectivity index (χ3v) is 5.38. The molecule has 0 saturated heterocycles. The molecule has 0 unspecified atom stereocenters. The molecule has 0 bridgehead atoms. The van der Waals surface area contributed by atoms with E-state index in [-0.39, 0.29) is 16.0 Å². The maximum atomic E-state index is 12.8. The second-order valence-corrected chi connectivity index (χ2v) is 8.68. The van der Waals surface area contributed by atoms with Crippen molar-refractivity contribution < 1.29 is 13.2 Å². The molecular formula is C18H20N4O3S. The molecule has 0 aliphatic heterocycles. The molecule has 2 aromatic heterocycles. The van der Waals surface area contributed by atoms with Crippen molar-refractivity contribution in [1.29, 1.82) is 0 Å². The van der Waals surface area contributed by atoms with Crippen molar-refractivity contribution in [3.05, 3.63) is 54.1 Å². The van der Waals surface area contributed by atoms with Crippen LogP contribution in [0.1, 0.15) is 36.8 Å². The van der Waals surface area contributed by atoms with Gasteiger partial charge in [-0.3, -0.25) is 14.5 Å². The Morgan fingerprint density at radius 2 is 1.92 bits per heavy atom. The number of sulfonamides is 1. The molecule has 0 atom stereocenters. The molecule has 0 fully saturated rings. The number of rotatable bonds is 3. The van der Waals surface area contributed by atoms with Crippen molar-refractivity contribution in [3.63, 3.8) is 0 Å². The number of fused-ring (bicyclic) bond motifs is 1. The number of aryl methyl sites for hydroxylation is 1. The zero-order valence-corrected chi connectivity index (χ0v) is 15.8. The highest BCUT2D eigenvalue weighted by atomic mass is 32.2. The van der Waals surface area contributed by atoms with E-state index in [1.54, 1.807) is 42.2 Å². The maximum Gasteiger partial charge on any atom is 0.268 e. The van der Waals surface area contributed by atoms with Crippen LogP contribution in [0.15, 0.2) is 47.8 Å². The lowest BCUT2D eigenvalue weighted by atomic mass is 10.1. The molecule has 1 amide bonds. The predicted molar refractivity (Wildman–Crippen MR) is 98.4 cm³/mol. The lowest BCUT2D eigenvalue weighted by Crippen LogP contribution is -2.31. The fraction of sp³-hybridized carbons (Fsp3) is 0.278. The van der Waals surface area contributed by atoms with Crippen LogP contribution >= 0.6 is 0 Å². The molecule has 136 valence electrons. The van der Waals surface area contributed by atoms with Crippen molar-refractivity contribution in [2.45, 2.75) is 38.1 Å². The first-order valence-electron chi connectivity index (χ1n) is 8.06. The molecule has 2 heterocycles. The summed E-state index contributed by atoms with van der Waals surface area (Å²) in [6, 6.07) is 6.45. The summed E-state index contributed by atoms with van der Waals surface area (Å²) in [6.07, 6.45) is 4.65. The quantitative estimate of drug-likeness (QED) is 0.763. The van der Waals surface area contributed by atoms with Crippen LogP contribution < -0.4 is 4.72 Å². The number of nitrogens with one attached hydrogen (secondary N) is 1. The zero-order chi connectivity index (χ0) is 19.1. The van der Waals surface area contributed by atoms with E-state index in [9.17, 15) is 13.2 Å². The average Bonchev–Trinajstić information content (AvgIpc) is 2.96. The van der Waals surface area contributed by atoms with Crippen molar-refractivity contribution in [1.82, 2.24) is 19.5 Å². The number of benzene rings is 1. The minimum absolute atomic E-state index is 0.0339. The standard InChI is InChI=1S/C18H20N4O3S/c1-12-15(11-22(20-12)18(2,3)4)17(23)21-26(24,25)16-7-5-6-13-10-19-9-8-14(13)16/h5-11H,1-4H3,(H,21,23). The normalized spacial score (nSPS) is 12.3. The first kappa shape index (κ1) is 18.1. The van der Waals surface area contributed by atoms with Gasteiger partial charge < -0.3 is 0 Å². The number of nitrogens with zero attached hydrogens (tertiary/aromatic N) is 3. The van der Waals surface area contributed by atoms with E-state index in [0.29, 0.717) is 16.5 Å². The van der Waals surface area contributed by atoms with Gasteiger partial charge in [-0.05, 0) is 39.8 Å². The van der Waals surface area contributed by atoms with Crippen molar-refractivity contribution in [2.24, 2.45) is 0 Å². The van der Waals surface area contributed by atoms with E-state index in [1.165, 1.54) is 12.3 Å². The van der Waals surface area contributed by atoms with E-state index < -0.39 is 15.9 Å². The van der Waals surface area contributed by atoms with Gasteiger partial charge in [0, 0.05) is 29.4 Å². The van der Waals surface area contributed by atoms with E-state index in [0.717, 1.165) is 0 Å². The van der Waals surface area contributed by atoms with Gasteiger partial charge in [0.05, 0.1) is 21.7 Å². The van der Waals surface area contributed by atoms with E-state index in [1.807, 2.05) is 20.8 Å². The fourth-order valence-electron chi connectivity index (χ4n) is 2.59. The first-order chi connectivity index (χ1) is 12.1. The van der Waals surface area contributed by atoms with Crippen molar-refractivity contribution in [3.8, 4) is 0 Å². The van der Waals surface area contributed by atoms with Gasteiger partial charge >= 0.3 is 0 Å². The molecule has 8 heteroatoms. The second kappa shape index (κ2) is 6.21. The summed E-state index contributed by atoms with van der Waals surface area (Å²) < 4.78 is 29.3. The van der Waals surface area contributed by atoms with Crippen LogP contribution in [0.5, 0.6) is 0 Å². The number of hydrogen-bond acceptors (Lipinski definition) is 5. The lowest BCUT2D eigenvalue weighted by Gasteiger charge is -2.18. The Bertz CT molecular complexity index is 1090. The van der Waals surface area contributed by atoms with E-state index >= 15 is 0 Å². The minimum atomic E-state index is -4.04. The largest absolute Gasteiger partial charge is 0.268 e. The Labute approximate surface area is 152 Å². The predicted octanol–water partition coefficient (Wildman–Crippen LogP) is 2.61. The molecule has 3 aromatic rings. The summed E-state index contributed by atoms with van der Waals surface area (Å²) in [4.78, 5) is 16.6. The zero-order valence-electron chi connectivity index (χ0n) is 15.0. The molecule has 0 radical (unpaired) electrons. The first-order valence-corrected chi connectivity index (χ1v) is 9.54. The number of amides is 1. The van der Waals surface area contributed by atoms with Gasteiger partial charge in [0.15, 0.2) is 0 Å². The van der Waals surface area contributed by atoms with E-state index in [4.69, 9.17) is 0 Å². The molecule has 26 heavy (non-hydrogen) atoms. The monoisotopic (exact) mass is 372 g/mol. The summed E-state index contributed by atoms with van der Waals surface area (Å²) in [6.45, 7) is 7.51. The maximum absolute atomic E-state index is 12.8. The molecular weight excluding hydrogens is 352 g/mol. The Hall–Kier alpha value is -2.74. The van der Waals surface area contributed by atoms with Crippen LogP contribution in [-0.4, -0.2) is 29.1 Å². The van der Waals surface area contributed by atoms with Gasteiger partial charge in [0.2, 0.25) is 0 Å². The molecule has 0 spiro atoms. The van der Waals surface area contributed by atoms with Gasteiger partial charge in [0.25, 0.3) is 15.9 Å². The van der Waals surface area contributed by atoms with Gasteiger partial charge in [0.1, 0.15) is 0 Å². The highest BCUT2D eigenvalue weighted by Gasteiger charge is 2.25. The number of aromatic nitrogens is 3. The van der Waals surface area contributed by atoms with Crippen molar-refractivity contribution in [2.75, 3.05) is 0 Å². The Balaban J connectivity index is 1.97. The summed E-state index contributed by atoms with van der Waals surface area (Å²) in [5.74, 6) is -0.705. The number of pyridine rings is 1. The van der Waals surface area contributed by atoms with Crippen LogP contribution in [0.4, 0.5) is 0 Å². The molecule has 3 rings (SSSR count). The highest BCUT2D eigenvalue weighted by Crippen LogP contribution is 2.22. The average molecular weight is 372 g/mol. The SMILES string of the molecule is Cc1nn(C(C)(C)C)cc1C(=O)NS(=O)(=O)c1cccc2cnccc12. The van der Waals surface area contributed by atoms with Gasteiger partial charge in [-0.1, -0.05) is 12.1 Å². The molecule has 1 N–H and O–H groups in total. The molecule has 0 aliphatic carbocycles. The van der Waals surface area contributed by atoms with Crippen LogP contribution in [0.25, 0.3) is 10.8 Å². The number of carbonyl (C=O) groups is 1. The Morgan fingerprint density at radius 1 is 1.19 bits per heavy atom. The third-order valence-electron chi connectivity index (χ3n) is 3.99. The van der Waals surface area contributed by atoms with Crippen LogP contribution in [0.3, 0.4) is 0 Å². The lowest BCUT2D eigenvalue weighted by molar-refractivity contribution is 0.0980. The van der Waals surface area contributed by atoms with Crippen LogP contribution in [-0.2, 0) is 15.6 Å². The summed E-state index contributed by atoms with van der Waals surface area (Å²) in [5, 5.41) is 5.49. The molecule has 0 aliphatic rings. The summed E-state index contributed by atoms with van der Waals surface area (Å²) in [7, 11) is -4.04. The molecule has 7 nitrogen and oxygen atoms in total. The Kier molecular flexibility index (Phi) is 4.31.